The van der Waals surface area contributed by atoms with Gasteiger partial charge in [-0.1, -0.05) is 6.07 Å². The lowest BCUT2D eigenvalue weighted by atomic mass is 9.89. The Hall–Kier alpha value is -2.37. The van der Waals surface area contributed by atoms with E-state index in [0.717, 1.165) is 23.9 Å². The number of rotatable bonds is 1. The molecule has 0 saturated carbocycles. The first-order chi connectivity index (χ1) is 10.0. The van der Waals surface area contributed by atoms with E-state index in [1.54, 1.807) is 6.92 Å². The zero-order chi connectivity index (χ0) is 15.0. The molecule has 2 heterocycles. The van der Waals surface area contributed by atoms with E-state index in [-0.39, 0.29) is 5.88 Å². The van der Waals surface area contributed by atoms with E-state index >= 15 is 0 Å². The standard InChI is InChI=1S/C15H17N3O3/c1-9-16-13-3-2-11(8-12(13)14(19)17-9)10-4-6-18(7-5-10)15(20)21/h2-3,8,10H,4-7H2,1H3,(H,20,21)(H,16,17,19). The minimum Gasteiger partial charge on any atom is -0.493 e. The number of aromatic nitrogens is 2. The summed E-state index contributed by atoms with van der Waals surface area (Å²) in [5.41, 5.74) is 1.84. The molecule has 0 unspecified atom stereocenters. The molecule has 6 nitrogen and oxygen atoms in total. The molecule has 1 saturated heterocycles. The quantitative estimate of drug-likeness (QED) is 0.841. The molecular formula is C15H17N3O3. The van der Waals surface area contributed by atoms with Crippen LogP contribution in [0.1, 0.15) is 30.1 Å². The Kier molecular flexibility index (Phi) is 3.37. The first-order valence-electron chi connectivity index (χ1n) is 7.00. The smallest absolute Gasteiger partial charge is 0.407 e. The maximum atomic E-state index is 10.9. The molecule has 0 bridgehead atoms. The summed E-state index contributed by atoms with van der Waals surface area (Å²) in [5, 5.41) is 19.6. The molecule has 1 aromatic heterocycles. The minimum absolute atomic E-state index is 0.00215. The van der Waals surface area contributed by atoms with Crippen LogP contribution >= 0.6 is 0 Å². The van der Waals surface area contributed by atoms with Crippen molar-refractivity contribution < 1.29 is 15.0 Å². The summed E-state index contributed by atoms with van der Waals surface area (Å²) >= 11 is 0. The van der Waals surface area contributed by atoms with Crippen LogP contribution in [-0.4, -0.2) is 44.3 Å². The average Bonchev–Trinajstić information content (AvgIpc) is 2.47. The fourth-order valence-corrected chi connectivity index (χ4v) is 2.90. The summed E-state index contributed by atoms with van der Waals surface area (Å²) in [6.07, 6.45) is 0.741. The number of amides is 1. The summed E-state index contributed by atoms with van der Waals surface area (Å²) in [6, 6.07) is 5.82. The Morgan fingerprint density at radius 3 is 2.67 bits per heavy atom. The van der Waals surface area contributed by atoms with E-state index in [1.165, 1.54) is 4.90 Å². The largest absolute Gasteiger partial charge is 0.493 e. The highest BCUT2D eigenvalue weighted by Crippen LogP contribution is 2.31. The van der Waals surface area contributed by atoms with Gasteiger partial charge >= 0.3 is 6.09 Å². The SMILES string of the molecule is Cc1nc(O)c2cc(C3CCN(C(=O)O)CC3)ccc2n1. The van der Waals surface area contributed by atoms with Gasteiger partial charge in [0.2, 0.25) is 5.88 Å². The summed E-state index contributed by atoms with van der Waals surface area (Å²) in [5.74, 6) is 0.857. The van der Waals surface area contributed by atoms with Gasteiger partial charge in [0, 0.05) is 13.1 Å². The zero-order valence-corrected chi connectivity index (χ0v) is 11.8. The molecule has 1 aliphatic heterocycles. The van der Waals surface area contributed by atoms with Gasteiger partial charge in [-0.05, 0) is 43.4 Å². The van der Waals surface area contributed by atoms with Crippen molar-refractivity contribution in [2.45, 2.75) is 25.7 Å². The molecule has 0 radical (unpaired) electrons. The Labute approximate surface area is 122 Å². The van der Waals surface area contributed by atoms with Gasteiger partial charge in [-0.15, -0.1) is 0 Å². The molecule has 3 rings (SSSR count). The van der Waals surface area contributed by atoms with Gasteiger partial charge in [-0.25, -0.2) is 9.78 Å². The van der Waals surface area contributed by atoms with Crippen LogP contribution in [-0.2, 0) is 0 Å². The molecular weight excluding hydrogens is 270 g/mol. The van der Waals surface area contributed by atoms with Crippen LogP contribution in [0.5, 0.6) is 5.88 Å². The summed E-state index contributed by atoms with van der Waals surface area (Å²) in [4.78, 5) is 20.7. The molecule has 110 valence electrons. The lowest BCUT2D eigenvalue weighted by Crippen LogP contribution is -2.36. The van der Waals surface area contributed by atoms with E-state index in [9.17, 15) is 9.90 Å². The number of fused-ring (bicyclic) bond motifs is 1. The summed E-state index contributed by atoms with van der Waals surface area (Å²) in [6.45, 7) is 2.84. The number of hydrogen-bond acceptors (Lipinski definition) is 4. The normalized spacial score (nSPS) is 16.3. The lowest BCUT2D eigenvalue weighted by molar-refractivity contribution is 0.132. The number of benzene rings is 1. The fourth-order valence-electron chi connectivity index (χ4n) is 2.90. The molecule has 1 amide bonds. The van der Waals surface area contributed by atoms with E-state index in [2.05, 4.69) is 9.97 Å². The van der Waals surface area contributed by atoms with Crippen LogP contribution in [0, 0.1) is 6.92 Å². The highest BCUT2D eigenvalue weighted by molar-refractivity contribution is 5.84. The van der Waals surface area contributed by atoms with E-state index in [1.807, 2.05) is 18.2 Å². The first-order valence-corrected chi connectivity index (χ1v) is 7.00. The van der Waals surface area contributed by atoms with Gasteiger partial charge in [0.25, 0.3) is 0 Å². The second kappa shape index (κ2) is 5.20. The van der Waals surface area contributed by atoms with Gasteiger partial charge in [0.1, 0.15) is 5.82 Å². The van der Waals surface area contributed by atoms with Crippen molar-refractivity contribution >= 4 is 17.0 Å². The number of piperidine rings is 1. The van der Waals surface area contributed by atoms with Crippen molar-refractivity contribution in [3.8, 4) is 5.88 Å². The zero-order valence-electron chi connectivity index (χ0n) is 11.8. The van der Waals surface area contributed by atoms with Crippen LogP contribution in [0.15, 0.2) is 18.2 Å². The number of aromatic hydroxyl groups is 1. The topological polar surface area (TPSA) is 86.6 Å². The Morgan fingerprint density at radius 2 is 2.00 bits per heavy atom. The van der Waals surface area contributed by atoms with Gasteiger partial charge < -0.3 is 15.1 Å². The summed E-state index contributed by atoms with van der Waals surface area (Å²) < 4.78 is 0. The van der Waals surface area contributed by atoms with Gasteiger partial charge in [0.05, 0.1) is 10.9 Å². The van der Waals surface area contributed by atoms with Crippen molar-refractivity contribution in [1.29, 1.82) is 0 Å². The number of hydrogen-bond donors (Lipinski definition) is 2. The maximum absolute atomic E-state index is 10.9. The molecule has 0 atom stereocenters. The van der Waals surface area contributed by atoms with Crippen molar-refractivity contribution in [3.63, 3.8) is 0 Å². The Morgan fingerprint density at radius 1 is 1.29 bits per heavy atom. The highest BCUT2D eigenvalue weighted by atomic mass is 16.4. The van der Waals surface area contributed by atoms with Gasteiger partial charge in [0.15, 0.2) is 0 Å². The molecule has 2 aromatic rings. The predicted octanol–water partition coefficient (Wildman–Crippen LogP) is 2.50. The van der Waals surface area contributed by atoms with Crippen LogP contribution in [0.4, 0.5) is 4.79 Å². The molecule has 21 heavy (non-hydrogen) atoms. The van der Waals surface area contributed by atoms with Crippen LogP contribution in [0.2, 0.25) is 0 Å². The Balaban J connectivity index is 1.87. The number of carboxylic acid groups (broad SMARTS) is 1. The van der Waals surface area contributed by atoms with Crippen molar-refractivity contribution in [2.24, 2.45) is 0 Å². The highest BCUT2D eigenvalue weighted by Gasteiger charge is 2.23. The van der Waals surface area contributed by atoms with Crippen LogP contribution in [0.25, 0.3) is 10.9 Å². The van der Waals surface area contributed by atoms with Crippen LogP contribution in [0.3, 0.4) is 0 Å². The third-order valence-electron chi connectivity index (χ3n) is 4.05. The van der Waals surface area contributed by atoms with E-state index < -0.39 is 6.09 Å². The second-order valence-electron chi connectivity index (χ2n) is 5.41. The van der Waals surface area contributed by atoms with Crippen molar-refractivity contribution in [3.05, 3.63) is 29.6 Å². The molecule has 6 heteroatoms. The lowest BCUT2D eigenvalue weighted by Gasteiger charge is -2.30. The molecule has 1 fully saturated rings. The average molecular weight is 287 g/mol. The molecule has 0 spiro atoms. The number of aryl methyl sites for hydroxylation is 1. The maximum Gasteiger partial charge on any atom is 0.407 e. The molecule has 0 aliphatic carbocycles. The van der Waals surface area contributed by atoms with Gasteiger partial charge in [-0.2, -0.15) is 4.98 Å². The minimum atomic E-state index is -0.853. The molecule has 2 N–H and O–H groups in total. The number of likely N-dealkylation sites (tertiary alicyclic amines) is 1. The predicted molar refractivity (Wildman–Crippen MR) is 77.5 cm³/mol. The third-order valence-corrected chi connectivity index (χ3v) is 4.05. The van der Waals surface area contributed by atoms with Crippen molar-refractivity contribution in [2.75, 3.05) is 13.1 Å². The second-order valence-corrected chi connectivity index (χ2v) is 5.41. The summed E-state index contributed by atoms with van der Waals surface area (Å²) in [7, 11) is 0. The van der Waals surface area contributed by atoms with Gasteiger partial charge in [-0.3, -0.25) is 0 Å². The number of carbonyl (C=O) groups is 1. The monoisotopic (exact) mass is 287 g/mol. The molecule has 1 aliphatic rings. The third kappa shape index (κ3) is 2.61. The van der Waals surface area contributed by atoms with Crippen molar-refractivity contribution in [1.82, 2.24) is 14.9 Å². The Bertz CT molecular complexity index is 694. The molecule has 1 aromatic carbocycles. The number of nitrogens with zero attached hydrogens (tertiary/aromatic N) is 3. The van der Waals surface area contributed by atoms with E-state index in [4.69, 9.17) is 5.11 Å². The van der Waals surface area contributed by atoms with Crippen LogP contribution < -0.4 is 0 Å². The fraction of sp³-hybridized carbons (Fsp3) is 0.400. The first kappa shape index (κ1) is 13.6. The van der Waals surface area contributed by atoms with E-state index in [0.29, 0.717) is 30.2 Å².